The van der Waals surface area contributed by atoms with Gasteiger partial charge in [0.1, 0.15) is 0 Å². The molecule has 1 aromatic carbocycles. The summed E-state index contributed by atoms with van der Waals surface area (Å²) in [4.78, 5) is 14.2. The third-order valence-electron chi connectivity index (χ3n) is 3.32. The first-order valence-corrected chi connectivity index (χ1v) is 7.85. The minimum absolute atomic E-state index is 0.0993. The molecule has 0 atom stereocenters. The van der Waals surface area contributed by atoms with Gasteiger partial charge in [-0.1, -0.05) is 6.07 Å². The molecule has 0 spiro atoms. The lowest BCUT2D eigenvalue weighted by atomic mass is 10.1. The molecule has 1 aliphatic rings. The zero-order valence-corrected chi connectivity index (χ0v) is 12.4. The van der Waals surface area contributed by atoms with Crippen molar-refractivity contribution < 1.29 is 17.9 Å². The summed E-state index contributed by atoms with van der Waals surface area (Å²) in [5.74, 6) is -0.154. The largest absolute Gasteiger partial charge is 0.378 e. The Morgan fingerprint density at radius 3 is 2.55 bits per heavy atom. The summed E-state index contributed by atoms with van der Waals surface area (Å²) < 4.78 is 31.1. The van der Waals surface area contributed by atoms with Gasteiger partial charge < -0.3 is 9.64 Å². The maximum absolute atomic E-state index is 12.4. The van der Waals surface area contributed by atoms with Gasteiger partial charge in [0.15, 0.2) is 0 Å². The van der Waals surface area contributed by atoms with Crippen LogP contribution in [0.1, 0.15) is 15.9 Å². The number of sulfonamides is 1. The van der Waals surface area contributed by atoms with Crippen LogP contribution in [0.4, 0.5) is 0 Å². The van der Waals surface area contributed by atoms with Crippen LogP contribution >= 0.6 is 0 Å². The van der Waals surface area contributed by atoms with Gasteiger partial charge in [-0.25, -0.2) is 13.1 Å². The lowest BCUT2D eigenvalue weighted by molar-refractivity contribution is 0.0302. The van der Waals surface area contributed by atoms with Crippen LogP contribution in [-0.4, -0.2) is 52.6 Å². The first kappa shape index (κ1) is 15.0. The molecule has 2 rings (SSSR count). The number of aryl methyl sites for hydroxylation is 1. The Bertz CT molecular complexity index is 607. The molecule has 0 bridgehead atoms. The van der Waals surface area contributed by atoms with Crippen LogP contribution in [0, 0.1) is 6.92 Å². The summed E-state index contributed by atoms with van der Waals surface area (Å²) in [6.45, 7) is 3.88. The van der Waals surface area contributed by atoms with Gasteiger partial charge in [-0.3, -0.25) is 4.79 Å². The molecular formula is C13H18N2O4S. The molecule has 6 nitrogen and oxygen atoms in total. The highest BCUT2D eigenvalue weighted by atomic mass is 32.2. The topological polar surface area (TPSA) is 75.7 Å². The van der Waals surface area contributed by atoms with Crippen molar-refractivity contribution in [2.45, 2.75) is 11.8 Å². The van der Waals surface area contributed by atoms with Crippen LogP contribution in [0.2, 0.25) is 0 Å². The van der Waals surface area contributed by atoms with E-state index in [1.165, 1.54) is 19.2 Å². The second kappa shape index (κ2) is 5.90. The van der Waals surface area contributed by atoms with Gasteiger partial charge in [-0.05, 0) is 31.7 Å². The Morgan fingerprint density at radius 2 is 1.95 bits per heavy atom. The number of hydrogen-bond acceptors (Lipinski definition) is 4. The van der Waals surface area contributed by atoms with Gasteiger partial charge in [-0.15, -0.1) is 0 Å². The first-order valence-electron chi connectivity index (χ1n) is 6.37. The molecule has 0 unspecified atom stereocenters. The molecule has 0 aliphatic carbocycles. The number of morpholine rings is 1. The SMILES string of the molecule is CNS(=O)(=O)c1ccc(C)c(C(=O)N2CCOCC2)c1. The van der Waals surface area contributed by atoms with E-state index >= 15 is 0 Å². The highest BCUT2D eigenvalue weighted by molar-refractivity contribution is 7.89. The smallest absolute Gasteiger partial charge is 0.254 e. The predicted molar refractivity (Wildman–Crippen MR) is 74.1 cm³/mol. The molecule has 1 amide bonds. The van der Waals surface area contributed by atoms with Crippen molar-refractivity contribution >= 4 is 15.9 Å². The average molecular weight is 298 g/mol. The first-order chi connectivity index (χ1) is 9.45. The number of rotatable bonds is 3. The molecule has 1 fully saturated rings. The van der Waals surface area contributed by atoms with Crippen LogP contribution < -0.4 is 4.72 Å². The van der Waals surface area contributed by atoms with E-state index in [0.717, 1.165) is 5.56 Å². The summed E-state index contributed by atoms with van der Waals surface area (Å²) in [5.41, 5.74) is 1.18. The number of ether oxygens (including phenoxy) is 1. The Hall–Kier alpha value is -1.44. The van der Waals surface area contributed by atoms with E-state index in [2.05, 4.69) is 4.72 Å². The van der Waals surface area contributed by atoms with Gasteiger partial charge in [0.2, 0.25) is 10.0 Å². The summed E-state index contributed by atoms with van der Waals surface area (Å²) >= 11 is 0. The van der Waals surface area contributed by atoms with E-state index in [4.69, 9.17) is 4.74 Å². The zero-order valence-electron chi connectivity index (χ0n) is 11.5. The molecular weight excluding hydrogens is 280 g/mol. The molecule has 1 heterocycles. The Kier molecular flexibility index (Phi) is 4.42. The lowest BCUT2D eigenvalue weighted by Gasteiger charge is -2.27. The van der Waals surface area contributed by atoms with Gasteiger partial charge in [0.05, 0.1) is 18.1 Å². The highest BCUT2D eigenvalue weighted by Crippen LogP contribution is 2.18. The quantitative estimate of drug-likeness (QED) is 0.875. The van der Waals surface area contributed by atoms with Crippen LogP contribution in [-0.2, 0) is 14.8 Å². The number of hydrogen-bond donors (Lipinski definition) is 1. The predicted octanol–water partition coefficient (Wildman–Crippen LogP) is 0.376. The number of nitrogens with one attached hydrogen (secondary N) is 1. The second-order valence-electron chi connectivity index (χ2n) is 4.59. The summed E-state index contributed by atoms with van der Waals surface area (Å²) in [5, 5.41) is 0. The van der Waals surface area contributed by atoms with Crippen molar-refractivity contribution in [3.63, 3.8) is 0 Å². The molecule has 0 radical (unpaired) electrons. The monoisotopic (exact) mass is 298 g/mol. The maximum Gasteiger partial charge on any atom is 0.254 e. The van der Waals surface area contributed by atoms with Gasteiger partial charge >= 0.3 is 0 Å². The summed E-state index contributed by atoms with van der Waals surface area (Å²) in [6.07, 6.45) is 0. The van der Waals surface area contributed by atoms with Gasteiger partial charge in [-0.2, -0.15) is 0 Å². The van der Waals surface area contributed by atoms with Crippen molar-refractivity contribution in [3.8, 4) is 0 Å². The fourth-order valence-electron chi connectivity index (χ4n) is 2.05. The van der Waals surface area contributed by atoms with Gasteiger partial charge in [0.25, 0.3) is 5.91 Å². The number of nitrogens with zero attached hydrogens (tertiary/aromatic N) is 1. The highest BCUT2D eigenvalue weighted by Gasteiger charge is 2.22. The minimum Gasteiger partial charge on any atom is -0.378 e. The van der Waals surface area contributed by atoms with E-state index in [1.807, 2.05) is 0 Å². The van der Waals surface area contributed by atoms with Crippen molar-refractivity contribution in [1.82, 2.24) is 9.62 Å². The van der Waals surface area contributed by atoms with Crippen LogP contribution in [0.3, 0.4) is 0 Å². The molecule has 1 aliphatic heterocycles. The van der Waals surface area contributed by atoms with E-state index in [-0.39, 0.29) is 10.8 Å². The zero-order chi connectivity index (χ0) is 14.8. The standard InChI is InChI=1S/C13H18N2O4S/c1-10-3-4-11(20(17,18)14-2)9-12(10)13(16)15-5-7-19-8-6-15/h3-4,9,14H,5-8H2,1-2H3. The van der Waals surface area contributed by atoms with Crippen molar-refractivity contribution in [3.05, 3.63) is 29.3 Å². The minimum atomic E-state index is -3.55. The molecule has 110 valence electrons. The average Bonchev–Trinajstić information content (AvgIpc) is 2.47. The lowest BCUT2D eigenvalue weighted by Crippen LogP contribution is -2.41. The number of carbonyl (C=O) groups excluding carboxylic acids is 1. The van der Waals surface area contributed by atoms with Crippen molar-refractivity contribution in [2.75, 3.05) is 33.4 Å². The van der Waals surface area contributed by atoms with E-state index in [9.17, 15) is 13.2 Å². The number of amides is 1. The summed E-state index contributed by atoms with van der Waals surface area (Å²) in [6, 6.07) is 4.58. The fourth-order valence-corrected chi connectivity index (χ4v) is 2.81. The molecule has 7 heteroatoms. The molecule has 1 N–H and O–H groups in total. The molecule has 1 aromatic rings. The van der Waals surface area contributed by atoms with Gasteiger partial charge in [0, 0.05) is 18.7 Å². The van der Waals surface area contributed by atoms with Crippen LogP contribution in [0.25, 0.3) is 0 Å². The van der Waals surface area contributed by atoms with Crippen molar-refractivity contribution in [2.24, 2.45) is 0 Å². The van der Waals surface area contributed by atoms with Crippen LogP contribution in [0.5, 0.6) is 0 Å². The number of carbonyl (C=O) groups is 1. The normalized spacial score (nSPS) is 16.2. The Morgan fingerprint density at radius 1 is 1.30 bits per heavy atom. The molecule has 0 aromatic heterocycles. The fraction of sp³-hybridized carbons (Fsp3) is 0.462. The maximum atomic E-state index is 12.4. The van der Waals surface area contributed by atoms with E-state index in [0.29, 0.717) is 31.9 Å². The van der Waals surface area contributed by atoms with E-state index in [1.54, 1.807) is 17.9 Å². The Labute approximate surface area is 118 Å². The van der Waals surface area contributed by atoms with Crippen LogP contribution in [0.15, 0.2) is 23.1 Å². The van der Waals surface area contributed by atoms with E-state index < -0.39 is 10.0 Å². The Balaban J connectivity index is 2.35. The molecule has 1 saturated heterocycles. The molecule has 0 saturated carbocycles. The number of benzene rings is 1. The third-order valence-corrected chi connectivity index (χ3v) is 4.73. The molecule has 20 heavy (non-hydrogen) atoms. The van der Waals surface area contributed by atoms with Crippen molar-refractivity contribution in [1.29, 1.82) is 0 Å². The third kappa shape index (κ3) is 3.00. The second-order valence-corrected chi connectivity index (χ2v) is 6.48. The summed E-state index contributed by atoms with van der Waals surface area (Å²) in [7, 11) is -2.20.